The van der Waals surface area contributed by atoms with E-state index in [0.717, 1.165) is 22.7 Å². The minimum Gasteiger partial charge on any atom is -0.497 e. The molecule has 1 aromatic heterocycles. The normalized spacial score (nSPS) is 10.6. The van der Waals surface area contributed by atoms with Gasteiger partial charge in [0.25, 0.3) is 0 Å². The molecule has 2 N–H and O–H groups in total. The Hall–Kier alpha value is -3.34. The summed E-state index contributed by atoms with van der Waals surface area (Å²) >= 11 is 0. The molecule has 1 amide bonds. The van der Waals surface area contributed by atoms with Gasteiger partial charge in [-0.25, -0.2) is 4.98 Å². The number of nitrogens with zero attached hydrogens (tertiary/aromatic N) is 1. The predicted octanol–water partition coefficient (Wildman–Crippen LogP) is 5.14. The third kappa shape index (κ3) is 5.33. The molecule has 0 fully saturated rings. The Morgan fingerprint density at radius 2 is 1.64 bits per heavy atom. The molecular weight excluding hydrogens is 350 g/mol. The van der Waals surface area contributed by atoms with Gasteiger partial charge in [-0.3, -0.25) is 4.79 Å². The molecule has 0 saturated heterocycles. The first-order valence-electron chi connectivity index (χ1n) is 9.29. The third-order valence-corrected chi connectivity index (χ3v) is 4.42. The van der Waals surface area contributed by atoms with Crippen LogP contribution in [0.3, 0.4) is 0 Å². The Labute approximate surface area is 165 Å². The van der Waals surface area contributed by atoms with Gasteiger partial charge in [-0.2, -0.15) is 0 Å². The molecule has 0 aliphatic rings. The van der Waals surface area contributed by atoms with Crippen molar-refractivity contribution < 1.29 is 9.53 Å². The highest BCUT2D eigenvalue weighted by atomic mass is 16.5. The third-order valence-electron chi connectivity index (χ3n) is 4.42. The second-order valence-corrected chi connectivity index (χ2v) is 6.91. The van der Waals surface area contributed by atoms with Crippen molar-refractivity contribution in [3.05, 3.63) is 78.0 Å². The molecule has 0 atom stereocenters. The van der Waals surface area contributed by atoms with Crippen molar-refractivity contribution in [3.63, 3.8) is 0 Å². The number of hydrogen-bond acceptors (Lipinski definition) is 4. The first kappa shape index (κ1) is 19.4. The number of methoxy groups -OCH3 is 1. The van der Waals surface area contributed by atoms with E-state index in [1.54, 1.807) is 19.4 Å². The smallest absolute Gasteiger partial charge is 0.229 e. The summed E-state index contributed by atoms with van der Waals surface area (Å²) in [6, 6.07) is 19.5. The summed E-state index contributed by atoms with van der Waals surface area (Å²) in [6.07, 6.45) is 1.99. The maximum Gasteiger partial charge on any atom is 0.229 e. The lowest BCUT2D eigenvalue weighted by atomic mass is 10.0. The predicted molar refractivity (Wildman–Crippen MR) is 113 cm³/mol. The van der Waals surface area contributed by atoms with Gasteiger partial charge in [0.05, 0.1) is 25.4 Å². The zero-order chi connectivity index (χ0) is 19.9. The van der Waals surface area contributed by atoms with Gasteiger partial charge >= 0.3 is 0 Å². The average molecular weight is 375 g/mol. The van der Waals surface area contributed by atoms with Crippen molar-refractivity contribution in [1.82, 2.24) is 4.98 Å². The van der Waals surface area contributed by atoms with E-state index >= 15 is 0 Å². The van der Waals surface area contributed by atoms with E-state index in [0.29, 0.717) is 11.7 Å². The number of aromatic nitrogens is 1. The molecule has 144 valence electrons. The molecule has 0 saturated carbocycles. The van der Waals surface area contributed by atoms with Gasteiger partial charge in [0, 0.05) is 5.69 Å². The van der Waals surface area contributed by atoms with Crippen LogP contribution in [0.5, 0.6) is 5.75 Å². The van der Waals surface area contributed by atoms with Crippen molar-refractivity contribution in [1.29, 1.82) is 0 Å². The van der Waals surface area contributed by atoms with Gasteiger partial charge in [-0.1, -0.05) is 38.1 Å². The first-order chi connectivity index (χ1) is 13.5. The molecule has 3 rings (SSSR count). The van der Waals surface area contributed by atoms with Gasteiger partial charge < -0.3 is 15.4 Å². The van der Waals surface area contributed by atoms with Crippen LogP contribution in [0.4, 0.5) is 17.2 Å². The highest BCUT2D eigenvalue weighted by Gasteiger charge is 2.06. The molecule has 1 heterocycles. The van der Waals surface area contributed by atoms with E-state index in [1.807, 2.05) is 30.3 Å². The fourth-order valence-electron chi connectivity index (χ4n) is 2.78. The summed E-state index contributed by atoms with van der Waals surface area (Å²) in [7, 11) is 1.62. The molecule has 5 nitrogen and oxygen atoms in total. The molecule has 2 aromatic carbocycles. The van der Waals surface area contributed by atoms with Crippen molar-refractivity contribution in [2.24, 2.45) is 0 Å². The SMILES string of the molecule is COc1ccc(CC(=O)Nc2ccc(Nc3ccc(C(C)C)cc3)cn2)cc1. The van der Waals surface area contributed by atoms with Crippen LogP contribution in [0, 0.1) is 0 Å². The maximum absolute atomic E-state index is 12.2. The summed E-state index contributed by atoms with van der Waals surface area (Å²) in [4.78, 5) is 16.5. The number of anilines is 3. The van der Waals surface area contributed by atoms with E-state index < -0.39 is 0 Å². The molecule has 0 aliphatic carbocycles. The van der Waals surface area contributed by atoms with Crippen molar-refractivity contribution in [2.45, 2.75) is 26.2 Å². The largest absolute Gasteiger partial charge is 0.497 e. The Morgan fingerprint density at radius 3 is 2.21 bits per heavy atom. The number of rotatable bonds is 7. The number of benzene rings is 2. The van der Waals surface area contributed by atoms with Gasteiger partial charge in [0.15, 0.2) is 0 Å². The Balaban J connectivity index is 1.55. The Kier molecular flexibility index (Phi) is 6.27. The molecule has 0 spiro atoms. The summed E-state index contributed by atoms with van der Waals surface area (Å²) in [6.45, 7) is 4.35. The summed E-state index contributed by atoms with van der Waals surface area (Å²) in [5, 5.41) is 6.14. The van der Waals surface area contributed by atoms with Gasteiger partial charge in [-0.15, -0.1) is 0 Å². The van der Waals surface area contributed by atoms with Crippen LogP contribution >= 0.6 is 0 Å². The molecular formula is C23H25N3O2. The minimum atomic E-state index is -0.109. The fourth-order valence-corrected chi connectivity index (χ4v) is 2.78. The summed E-state index contributed by atoms with van der Waals surface area (Å²) in [5.74, 6) is 1.70. The molecule has 3 aromatic rings. The van der Waals surface area contributed by atoms with Crippen LogP contribution in [0.25, 0.3) is 0 Å². The number of carbonyl (C=O) groups is 1. The molecule has 0 aliphatic heterocycles. The lowest BCUT2D eigenvalue weighted by Gasteiger charge is -2.10. The standard InChI is InChI=1S/C23H25N3O2/c1-16(2)18-6-8-19(9-7-18)25-20-10-13-22(24-15-20)26-23(27)14-17-4-11-21(28-3)12-5-17/h4-13,15-16,25H,14H2,1-3H3,(H,24,26,27). The fraction of sp³-hybridized carbons (Fsp3) is 0.217. The van der Waals surface area contributed by atoms with Crippen LogP contribution in [0.1, 0.15) is 30.9 Å². The van der Waals surface area contributed by atoms with E-state index in [-0.39, 0.29) is 12.3 Å². The number of amides is 1. The van der Waals surface area contributed by atoms with Crippen molar-refractivity contribution in [2.75, 3.05) is 17.7 Å². The van der Waals surface area contributed by atoms with E-state index in [2.05, 4.69) is 53.7 Å². The topological polar surface area (TPSA) is 63.2 Å². The van der Waals surface area contributed by atoms with Gasteiger partial charge in [0.2, 0.25) is 5.91 Å². The quantitative estimate of drug-likeness (QED) is 0.600. The van der Waals surface area contributed by atoms with Crippen molar-refractivity contribution in [3.8, 4) is 5.75 Å². The lowest BCUT2D eigenvalue weighted by molar-refractivity contribution is -0.115. The monoisotopic (exact) mass is 375 g/mol. The van der Waals surface area contributed by atoms with Crippen LogP contribution in [-0.4, -0.2) is 18.0 Å². The maximum atomic E-state index is 12.2. The van der Waals surface area contributed by atoms with Gasteiger partial charge in [0.1, 0.15) is 11.6 Å². The number of pyridine rings is 1. The second kappa shape index (κ2) is 9.04. The van der Waals surface area contributed by atoms with Crippen LogP contribution in [-0.2, 0) is 11.2 Å². The molecule has 0 unspecified atom stereocenters. The van der Waals surface area contributed by atoms with E-state index in [1.165, 1.54) is 5.56 Å². The summed E-state index contributed by atoms with van der Waals surface area (Å²) in [5.41, 5.74) is 4.09. The van der Waals surface area contributed by atoms with Crippen molar-refractivity contribution >= 4 is 23.1 Å². The van der Waals surface area contributed by atoms with Crippen LogP contribution in [0.15, 0.2) is 66.9 Å². The van der Waals surface area contributed by atoms with E-state index in [4.69, 9.17) is 4.74 Å². The highest BCUT2D eigenvalue weighted by molar-refractivity contribution is 5.91. The van der Waals surface area contributed by atoms with Gasteiger partial charge in [-0.05, 0) is 53.4 Å². The second-order valence-electron chi connectivity index (χ2n) is 6.91. The summed E-state index contributed by atoms with van der Waals surface area (Å²) < 4.78 is 5.12. The number of nitrogens with one attached hydrogen (secondary N) is 2. The number of carbonyl (C=O) groups excluding carboxylic acids is 1. The van der Waals surface area contributed by atoms with Crippen LogP contribution < -0.4 is 15.4 Å². The zero-order valence-electron chi connectivity index (χ0n) is 16.4. The molecule has 28 heavy (non-hydrogen) atoms. The Morgan fingerprint density at radius 1 is 0.964 bits per heavy atom. The lowest BCUT2D eigenvalue weighted by Crippen LogP contribution is -2.15. The molecule has 0 bridgehead atoms. The van der Waals surface area contributed by atoms with E-state index in [9.17, 15) is 4.79 Å². The highest BCUT2D eigenvalue weighted by Crippen LogP contribution is 2.21. The molecule has 0 radical (unpaired) electrons. The average Bonchev–Trinajstić information content (AvgIpc) is 2.70. The van der Waals surface area contributed by atoms with Crippen LogP contribution in [0.2, 0.25) is 0 Å². The minimum absolute atomic E-state index is 0.109. The zero-order valence-corrected chi connectivity index (χ0v) is 16.4. The first-order valence-corrected chi connectivity index (χ1v) is 9.29. The number of hydrogen-bond donors (Lipinski definition) is 2. The molecule has 5 heteroatoms. The number of ether oxygens (including phenoxy) is 1. The Bertz CT molecular complexity index is 902.